The molecule has 1 fully saturated rings. The van der Waals surface area contributed by atoms with Crippen LogP contribution in [0.5, 0.6) is 0 Å². The third-order valence-corrected chi connectivity index (χ3v) is 6.73. The number of urea groups is 1. The van der Waals surface area contributed by atoms with Crippen molar-refractivity contribution < 1.29 is 19.2 Å². The molecule has 1 aliphatic heterocycles. The van der Waals surface area contributed by atoms with E-state index in [0.717, 1.165) is 23.1 Å². The van der Waals surface area contributed by atoms with Crippen molar-refractivity contribution >= 4 is 23.7 Å². The number of nitrogens with zero attached hydrogens (tertiary/aromatic N) is 2. The predicted molar refractivity (Wildman–Crippen MR) is 154 cm³/mol. The van der Waals surface area contributed by atoms with Crippen molar-refractivity contribution in [1.29, 1.82) is 0 Å². The fraction of sp³-hybridized carbons (Fsp3) is 0.290. The van der Waals surface area contributed by atoms with Crippen LogP contribution in [0.1, 0.15) is 23.1 Å². The summed E-state index contributed by atoms with van der Waals surface area (Å²) in [5, 5.41) is 17.1. The summed E-state index contributed by atoms with van der Waals surface area (Å²) in [7, 11) is 0. The van der Waals surface area contributed by atoms with Gasteiger partial charge in [0, 0.05) is 37.7 Å². The Balaban J connectivity index is 1.50. The number of hydrogen-bond donors (Lipinski definition) is 2. The van der Waals surface area contributed by atoms with Crippen molar-refractivity contribution in [2.75, 3.05) is 26.3 Å². The van der Waals surface area contributed by atoms with Gasteiger partial charge >= 0.3 is 6.03 Å². The molecule has 3 aromatic rings. The predicted octanol–water partition coefficient (Wildman–Crippen LogP) is 4.38. The van der Waals surface area contributed by atoms with E-state index in [0.29, 0.717) is 39.1 Å². The highest BCUT2D eigenvalue weighted by Crippen LogP contribution is 2.15. The second kappa shape index (κ2) is 14.6. The van der Waals surface area contributed by atoms with E-state index in [2.05, 4.69) is 10.6 Å². The van der Waals surface area contributed by atoms with Crippen LogP contribution in [-0.4, -0.2) is 60.1 Å². The molecule has 0 aromatic heterocycles. The van der Waals surface area contributed by atoms with E-state index in [-0.39, 0.29) is 23.7 Å². The number of amides is 3. The van der Waals surface area contributed by atoms with Crippen LogP contribution in [0.3, 0.4) is 0 Å². The first-order valence-corrected chi connectivity index (χ1v) is 13.4. The van der Waals surface area contributed by atoms with E-state index in [9.17, 15) is 19.7 Å². The second-order valence-corrected chi connectivity index (χ2v) is 9.64. The van der Waals surface area contributed by atoms with Crippen LogP contribution in [0, 0.1) is 10.1 Å². The molecule has 0 saturated carbocycles. The molecule has 0 spiro atoms. The SMILES string of the molecule is O=C(N[C@H](C=Cc1ccc([N+](=O)[O-])cc1)CCc1ccccc1)[C@H](Cc1ccccc1)NC(=O)N1CCOCC1. The summed E-state index contributed by atoms with van der Waals surface area (Å²) in [6.45, 7) is 1.89. The van der Waals surface area contributed by atoms with Gasteiger partial charge in [-0.1, -0.05) is 72.8 Å². The van der Waals surface area contributed by atoms with Crippen molar-refractivity contribution in [3.63, 3.8) is 0 Å². The number of aryl methyl sites for hydroxylation is 1. The smallest absolute Gasteiger partial charge is 0.318 e. The average molecular weight is 543 g/mol. The van der Waals surface area contributed by atoms with Gasteiger partial charge in [0.05, 0.1) is 18.1 Å². The van der Waals surface area contributed by atoms with Crippen LogP contribution in [0.2, 0.25) is 0 Å². The minimum absolute atomic E-state index is 0.0193. The lowest BCUT2D eigenvalue weighted by Gasteiger charge is -2.29. The van der Waals surface area contributed by atoms with E-state index in [1.54, 1.807) is 17.0 Å². The van der Waals surface area contributed by atoms with Gasteiger partial charge in [0.2, 0.25) is 5.91 Å². The lowest BCUT2D eigenvalue weighted by molar-refractivity contribution is -0.384. The largest absolute Gasteiger partial charge is 0.378 e. The van der Waals surface area contributed by atoms with Gasteiger partial charge in [-0.25, -0.2) is 4.79 Å². The molecule has 2 atom stereocenters. The van der Waals surface area contributed by atoms with Crippen LogP contribution in [0.25, 0.3) is 6.08 Å². The molecule has 0 unspecified atom stereocenters. The molecule has 0 radical (unpaired) electrons. The minimum atomic E-state index is -0.773. The molecule has 3 aromatic carbocycles. The van der Waals surface area contributed by atoms with E-state index < -0.39 is 11.0 Å². The first-order chi connectivity index (χ1) is 19.5. The maximum atomic E-state index is 13.6. The van der Waals surface area contributed by atoms with Gasteiger partial charge in [-0.15, -0.1) is 0 Å². The molecule has 40 heavy (non-hydrogen) atoms. The zero-order valence-electron chi connectivity index (χ0n) is 22.3. The van der Waals surface area contributed by atoms with Gasteiger partial charge in [-0.2, -0.15) is 0 Å². The van der Waals surface area contributed by atoms with Crippen LogP contribution >= 0.6 is 0 Å². The van der Waals surface area contributed by atoms with Crippen molar-refractivity contribution in [2.24, 2.45) is 0 Å². The number of carbonyl (C=O) groups excluding carboxylic acids is 2. The molecule has 2 N–H and O–H groups in total. The summed E-state index contributed by atoms with van der Waals surface area (Å²) in [6.07, 6.45) is 5.46. The Bertz CT molecular complexity index is 1280. The van der Waals surface area contributed by atoms with Crippen LogP contribution in [-0.2, 0) is 22.4 Å². The molecule has 3 amide bonds. The average Bonchev–Trinajstić information content (AvgIpc) is 2.99. The highest BCUT2D eigenvalue weighted by Gasteiger charge is 2.26. The Morgan fingerprint density at radius 1 is 0.900 bits per heavy atom. The van der Waals surface area contributed by atoms with Gasteiger partial charge in [-0.05, 0) is 41.7 Å². The number of hydrogen-bond acceptors (Lipinski definition) is 5. The Hall–Kier alpha value is -4.50. The van der Waals surface area contributed by atoms with Crippen LogP contribution < -0.4 is 10.6 Å². The molecule has 0 aliphatic carbocycles. The Morgan fingerprint density at radius 3 is 2.15 bits per heavy atom. The number of ether oxygens (including phenoxy) is 1. The number of nitro groups is 1. The molecule has 208 valence electrons. The first-order valence-electron chi connectivity index (χ1n) is 13.4. The topological polar surface area (TPSA) is 114 Å². The Labute approximate surface area is 234 Å². The summed E-state index contributed by atoms with van der Waals surface area (Å²) in [4.78, 5) is 38.9. The Kier molecular flexibility index (Phi) is 10.4. The van der Waals surface area contributed by atoms with Gasteiger partial charge in [0.1, 0.15) is 6.04 Å². The van der Waals surface area contributed by atoms with Crippen molar-refractivity contribution in [3.05, 3.63) is 118 Å². The number of nitro benzene ring substituents is 1. The molecule has 1 heterocycles. The van der Waals surface area contributed by atoms with Crippen LogP contribution in [0.4, 0.5) is 10.5 Å². The fourth-order valence-corrected chi connectivity index (χ4v) is 4.47. The van der Waals surface area contributed by atoms with E-state index in [4.69, 9.17) is 4.74 Å². The number of morpholine rings is 1. The van der Waals surface area contributed by atoms with E-state index in [1.807, 2.05) is 72.8 Å². The van der Waals surface area contributed by atoms with Gasteiger partial charge in [0.25, 0.3) is 5.69 Å². The highest BCUT2D eigenvalue weighted by atomic mass is 16.6. The summed E-state index contributed by atoms with van der Waals surface area (Å²) in [5.74, 6) is -0.281. The van der Waals surface area contributed by atoms with E-state index >= 15 is 0 Å². The fourth-order valence-electron chi connectivity index (χ4n) is 4.47. The second-order valence-electron chi connectivity index (χ2n) is 9.64. The third-order valence-electron chi connectivity index (χ3n) is 6.73. The lowest BCUT2D eigenvalue weighted by atomic mass is 10.0. The minimum Gasteiger partial charge on any atom is -0.378 e. The summed E-state index contributed by atoms with van der Waals surface area (Å²) in [6, 6.07) is 24.4. The van der Waals surface area contributed by atoms with Crippen molar-refractivity contribution in [3.8, 4) is 0 Å². The number of rotatable bonds is 11. The quantitative estimate of drug-likeness (QED) is 0.276. The number of benzene rings is 3. The zero-order valence-corrected chi connectivity index (χ0v) is 22.3. The van der Waals surface area contributed by atoms with Gasteiger partial charge in [0.15, 0.2) is 0 Å². The number of carbonyl (C=O) groups is 2. The molecule has 1 saturated heterocycles. The lowest BCUT2D eigenvalue weighted by Crippen LogP contribution is -2.55. The van der Waals surface area contributed by atoms with Crippen LogP contribution in [0.15, 0.2) is 91.0 Å². The molecule has 9 nitrogen and oxygen atoms in total. The normalized spacial score (nSPS) is 14.8. The van der Waals surface area contributed by atoms with Crippen molar-refractivity contribution in [2.45, 2.75) is 31.3 Å². The first kappa shape index (κ1) is 28.5. The number of non-ortho nitro benzene ring substituents is 1. The molecular weight excluding hydrogens is 508 g/mol. The van der Waals surface area contributed by atoms with Gasteiger partial charge in [-0.3, -0.25) is 14.9 Å². The maximum absolute atomic E-state index is 13.6. The third kappa shape index (κ3) is 8.78. The zero-order chi connectivity index (χ0) is 28.2. The molecule has 4 rings (SSSR count). The molecule has 0 bridgehead atoms. The summed E-state index contributed by atoms with van der Waals surface area (Å²) >= 11 is 0. The van der Waals surface area contributed by atoms with E-state index in [1.165, 1.54) is 12.1 Å². The molecular formula is C31H34N4O5. The standard InChI is InChI=1S/C31H34N4O5/c36-30(29(23-26-9-5-2-6-10-26)33-31(37)34-19-21-40-22-20-34)32-27(15-11-24-7-3-1-4-8-24)16-12-25-13-17-28(18-14-25)35(38)39/h1-10,12-14,16-18,27,29H,11,15,19-23H2,(H,32,36)(H,33,37)/t27-,29-/m0/s1. The summed E-state index contributed by atoms with van der Waals surface area (Å²) in [5.41, 5.74) is 2.89. The highest BCUT2D eigenvalue weighted by molar-refractivity contribution is 5.87. The molecule has 9 heteroatoms. The molecule has 1 aliphatic rings. The maximum Gasteiger partial charge on any atom is 0.318 e. The summed E-state index contributed by atoms with van der Waals surface area (Å²) < 4.78 is 5.35. The Morgan fingerprint density at radius 2 is 1.52 bits per heavy atom. The van der Waals surface area contributed by atoms with Crippen molar-refractivity contribution in [1.82, 2.24) is 15.5 Å². The number of nitrogens with one attached hydrogen (secondary N) is 2. The monoisotopic (exact) mass is 542 g/mol. The van der Waals surface area contributed by atoms with Gasteiger partial charge < -0.3 is 20.3 Å².